The molecule has 0 bridgehead atoms. The fourth-order valence-electron chi connectivity index (χ4n) is 2.74. The van der Waals surface area contributed by atoms with Crippen molar-refractivity contribution in [3.05, 3.63) is 53.3 Å². The highest BCUT2D eigenvalue weighted by Crippen LogP contribution is 2.30. The Hall–Kier alpha value is -2.25. The molecule has 0 aliphatic carbocycles. The zero-order valence-electron chi connectivity index (χ0n) is 15.5. The summed E-state index contributed by atoms with van der Waals surface area (Å²) in [5.41, 5.74) is 0.736. The number of rotatable bonds is 6. The van der Waals surface area contributed by atoms with Gasteiger partial charge in [0.25, 0.3) is 5.91 Å². The van der Waals surface area contributed by atoms with Gasteiger partial charge in [-0.25, -0.2) is 9.38 Å². The van der Waals surface area contributed by atoms with Gasteiger partial charge in [0.1, 0.15) is 17.3 Å². The van der Waals surface area contributed by atoms with Gasteiger partial charge in [0.2, 0.25) is 0 Å². The molecule has 8 heteroatoms. The number of thioether (sulfide) groups is 1. The molecule has 0 saturated carbocycles. The molecule has 1 atom stereocenters. The minimum Gasteiger partial charge on any atom is -0.497 e. The minimum atomic E-state index is -0.459. The van der Waals surface area contributed by atoms with E-state index in [0.717, 1.165) is 29.7 Å². The first-order valence-electron chi connectivity index (χ1n) is 8.77. The number of hydrogen-bond donors (Lipinski definition) is 0. The van der Waals surface area contributed by atoms with Gasteiger partial charge >= 0.3 is 0 Å². The van der Waals surface area contributed by atoms with E-state index in [1.165, 1.54) is 23.9 Å². The van der Waals surface area contributed by atoms with Gasteiger partial charge in [-0.05, 0) is 48.9 Å². The second-order valence-corrected chi connectivity index (χ2v) is 7.49. The summed E-state index contributed by atoms with van der Waals surface area (Å²) >= 11 is 7.50. The highest BCUT2D eigenvalue weighted by molar-refractivity contribution is 8.14. The monoisotopic (exact) mass is 422 g/mol. The molecule has 1 aliphatic rings. The van der Waals surface area contributed by atoms with Crippen LogP contribution in [0.1, 0.15) is 13.3 Å². The molecule has 1 aliphatic heterocycles. The van der Waals surface area contributed by atoms with Gasteiger partial charge in [-0.15, -0.1) is 0 Å². The van der Waals surface area contributed by atoms with Crippen LogP contribution in [0.25, 0.3) is 0 Å². The van der Waals surface area contributed by atoms with Crippen molar-refractivity contribution in [2.75, 3.05) is 19.5 Å². The molecule has 0 N–H and O–H groups in total. The Morgan fingerprint density at radius 3 is 2.71 bits per heavy atom. The summed E-state index contributed by atoms with van der Waals surface area (Å²) in [5, 5.41) is 0.763. The van der Waals surface area contributed by atoms with Gasteiger partial charge in [-0.1, -0.05) is 30.3 Å². The molecule has 0 spiro atoms. The van der Waals surface area contributed by atoms with E-state index in [2.05, 4.69) is 4.99 Å². The van der Waals surface area contributed by atoms with Crippen molar-refractivity contribution < 1.29 is 18.7 Å². The zero-order chi connectivity index (χ0) is 20.1. The van der Waals surface area contributed by atoms with Crippen LogP contribution in [0.3, 0.4) is 0 Å². The van der Waals surface area contributed by atoms with Crippen LogP contribution < -0.4 is 9.47 Å². The molecule has 3 rings (SSSR count). The molecule has 148 valence electrons. The van der Waals surface area contributed by atoms with Crippen LogP contribution in [0, 0.1) is 5.82 Å². The number of nitrogens with zero attached hydrogens (tertiary/aromatic N) is 2. The predicted octanol–water partition coefficient (Wildman–Crippen LogP) is 4.91. The average Bonchev–Trinajstić information content (AvgIpc) is 3.10. The molecule has 1 saturated heterocycles. The number of aliphatic imine (C=N–C) groups is 1. The number of hydrogen-bond acceptors (Lipinski definition) is 5. The Balaban J connectivity index is 1.75. The van der Waals surface area contributed by atoms with Crippen molar-refractivity contribution in [1.29, 1.82) is 0 Å². The number of methoxy groups -OCH3 is 1. The van der Waals surface area contributed by atoms with E-state index < -0.39 is 5.82 Å². The SMILES string of the molecule is CCC1CSC(=Nc2ccc(OC)cc2)N1C(=O)COc1ccc(F)cc1Cl. The van der Waals surface area contributed by atoms with E-state index in [9.17, 15) is 9.18 Å². The first-order valence-corrected chi connectivity index (χ1v) is 10.1. The Bertz CT molecular complexity index is 876. The van der Waals surface area contributed by atoms with E-state index >= 15 is 0 Å². The van der Waals surface area contributed by atoms with Crippen molar-refractivity contribution in [3.8, 4) is 11.5 Å². The van der Waals surface area contributed by atoms with Crippen molar-refractivity contribution in [2.24, 2.45) is 4.99 Å². The van der Waals surface area contributed by atoms with Crippen LogP contribution in [-0.4, -0.2) is 41.5 Å². The maximum Gasteiger partial charge on any atom is 0.266 e. The van der Waals surface area contributed by atoms with E-state index in [-0.39, 0.29) is 29.3 Å². The second-order valence-electron chi connectivity index (χ2n) is 6.09. The van der Waals surface area contributed by atoms with Crippen LogP contribution in [0.5, 0.6) is 11.5 Å². The molecule has 28 heavy (non-hydrogen) atoms. The first kappa shape index (κ1) is 20.5. The standard InChI is InChI=1S/C20H20ClFN2O3S/c1-3-15-12-28-20(23-14-5-7-16(26-2)8-6-14)24(15)19(25)11-27-18-9-4-13(22)10-17(18)21/h4-10,15H,3,11-12H2,1-2H3. The fourth-order valence-corrected chi connectivity index (χ4v) is 4.24. The lowest BCUT2D eigenvalue weighted by Gasteiger charge is -2.23. The topological polar surface area (TPSA) is 51.1 Å². The van der Waals surface area contributed by atoms with Crippen molar-refractivity contribution in [1.82, 2.24) is 4.90 Å². The maximum atomic E-state index is 13.2. The molecular formula is C20H20ClFN2O3S. The van der Waals surface area contributed by atoms with Crippen molar-refractivity contribution in [2.45, 2.75) is 19.4 Å². The summed E-state index contributed by atoms with van der Waals surface area (Å²) in [4.78, 5) is 19.1. The minimum absolute atomic E-state index is 0.0433. The Kier molecular flexibility index (Phi) is 6.80. The van der Waals surface area contributed by atoms with E-state index in [4.69, 9.17) is 21.1 Å². The van der Waals surface area contributed by atoms with Crippen LogP contribution in [0.4, 0.5) is 10.1 Å². The quantitative estimate of drug-likeness (QED) is 0.663. The molecule has 1 unspecified atom stereocenters. The summed E-state index contributed by atoms with van der Waals surface area (Å²) in [6.45, 7) is 1.82. The van der Waals surface area contributed by atoms with Gasteiger partial charge in [-0.2, -0.15) is 0 Å². The van der Waals surface area contributed by atoms with Gasteiger partial charge < -0.3 is 9.47 Å². The molecular weight excluding hydrogens is 403 g/mol. The Morgan fingerprint density at radius 1 is 1.32 bits per heavy atom. The van der Waals surface area contributed by atoms with Crippen LogP contribution in [-0.2, 0) is 4.79 Å². The Morgan fingerprint density at radius 2 is 2.07 bits per heavy atom. The zero-order valence-corrected chi connectivity index (χ0v) is 17.1. The van der Waals surface area contributed by atoms with Crippen LogP contribution >= 0.6 is 23.4 Å². The number of amides is 1. The molecule has 2 aromatic carbocycles. The second kappa shape index (κ2) is 9.30. The summed E-state index contributed by atoms with van der Waals surface area (Å²) in [7, 11) is 1.60. The average molecular weight is 423 g/mol. The molecule has 2 aromatic rings. The largest absolute Gasteiger partial charge is 0.497 e. The molecule has 1 heterocycles. The predicted molar refractivity (Wildman–Crippen MR) is 110 cm³/mol. The summed E-state index contributed by atoms with van der Waals surface area (Å²) in [6, 6.07) is 11.2. The van der Waals surface area contributed by atoms with Gasteiger partial charge in [-0.3, -0.25) is 9.69 Å². The number of carbonyl (C=O) groups excluding carboxylic acids is 1. The number of amidine groups is 1. The van der Waals surface area contributed by atoms with Crippen LogP contribution in [0.15, 0.2) is 47.5 Å². The summed E-state index contributed by atoms with van der Waals surface area (Å²) in [6.07, 6.45) is 0.803. The fraction of sp³-hybridized carbons (Fsp3) is 0.300. The number of carbonyl (C=O) groups is 1. The lowest BCUT2D eigenvalue weighted by Crippen LogP contribution is -2.41. The van der Waals surface area contributed by atoms with E-state index in [0.29, 0.717) is 5.17 Å². The Labute approximate surface area is 172 Å². The molecule has 1 amide bonds. The van der Waals surface area contributed by atoms with Crippen LogP contribution in [0.2, 0.25) is 5.02 Å². The van der Waals surface area contributed by atoms with Crippen molar-refractivity contribution >= 4 is 40.1 Å². The smallest absolute Gasteiger partial charge is 0.266 e. The highest BCUT2D eigenvalue weighted by Gasteiger charge is 2.34. The van der Waals surface area contributed by atoms with Gasteiger partial charge in [0, 0.05) is 11.8 Å². The third-order valence-corrected chi connectivity index (χ3v) is 5.65. The highest BCUT2D eigenvalue weighted by atomic mass is 35.5. The molecule has 1 fully saturated rings. The summed E-state index contributed by atoms with van der Waals surface area (Å²) in [5.74, 6) is 1.11. The van der Waals surface area contributed by atoms with Crippen molar-refractivity contribution in [3.63, 3.8) is 0 Å². The lowest BCUT2D eigenvalue weighted by atomic mass is 10.2. The maximum absolute atomic E-state index is 13.2. The third-order valence-electron chi connectivity index (χ3n) is 4.26. The molecule has 0 radical (unpaired) electrons. The lowest BCUT2D eigenvalue weighted by molar-refractivity contribution is -0.130. The van der Waals surface area contributed by atoms with E-state index in [1.54, 1.807) is 12.0 Å². The first-order chi connectivity index (χ1) is 13.5. The number of halogens is 2. The molecule has 0 aromatic heterocycles. The van der Waals surface area contributed by atoms with E-state index in [1.807, 2.05) is 31.2 Å². The normalized spacial score (nSPS) is 17.8. The van der Waals surface area contributed by atoms with Gasteiger partial charge in [0.15, 0.2) is 11.8 Å². The number of benzene rings is 2. The van der Waals surface area contributed by atoms with Gasteiger partial charge in [0.05, 0.1) is 17.8 Å². The third kappa shape index (κ3) is 4.77. The summed E-state index contributed by atoms with van der Waals surface area (Å²) < 4.78 is 23.8. The number of ether oxygens (including phenoxy) is 2. The molecule has 5 nitrogen and oxygen atoms in total.